The molecule has 0 bridgehead atoms. The summed E-state index contributed by atoms with van der Waals surface area (Å²) in [5.74, 6) is 1.46. The lowest BCUT2D eigenvalue weighted by molar-refractivity contribution is 1.16. The van der Waals surface area contributed by atoms with Crippen LogP contribution in [-0.2, 0) is 0 Å². The Morgan fingerprint density at radius 3 is 2.71 bits per heavy atom. The van der Waals surface area contributed by atoms with E-state index in [0.717, 1.165) is 17.1 Å². The maximum atomic E-state index is 6.20. The van der Waals surface area contributed by atoms with E-state index in [1.165, 1.54) is 6.33 Å². The minimum Gasteiger partial charge on any atom is -0.373 e. The van der Waals surface area contributed by atoms with E-state index in [1.807, 2.05) is 38.2 Å². The topological polar surface area (TPSA) is 49.8 Å². The molecule has 5 heteroatoms. The van der Waals surface area contributed by atoms with Gasteiger partial charge in [0.25, 0.3) is 0 Å². The van der Waals surface area contributed by atoms with Gasteiger partial charge in [-0.2, -0.15) is 0 Å². The van der Waals surface area contributed by atoms with Crippen LogP contribution in [0.25, 0.3) is 0 Å². The third-order valence-electron chi connectivity index (χ3n) is 2.38. The van der Waals surface area contributed by atoms with Gasteiger partial charge in [0.1, 0.15) is 18.0 Å². The Hall–Kier alpha value is -1.81. The minimum atomic E-state index is 0.705. The molecule has 0 radical (unpaired) electrons. The maximum absolute atomic E-state index is 6.20. The summed E-state index contributed by atoms with van der Waals surface area (Å²) in [4.78, 5) is 8.18. The average molecular weight is 249 g/mol. The van der Waals surface area contributed by atoms with Crippen LogP contribution >= 0.6 is 11.6 Å². The Bertz CT molecular complexity index is 528. The number of halogens is 1. The fraction of sp³-hybridized carbons (Fsp3) is 0.167. The van der Waals surface area contributed by atoms with Crippen molar-refractivity contribution in [2.75, 3.05) is 17.7 Å². The highest BCUT2D eigenvalue weighted by molar-refractivity contribution is 6.34. The van der Waals surface area contributed by atoms with E-state index in [4.69, 9.17) is 11.6 Å². The molecule has 0 spiro atoms. The SMILES string of the molecule is CNc1cc(Nc2cccc(C)c2Cl)ncn1. The number of hydrogen-bond acceptors (Lipinski definition) is 4. The molecular weight excluding hydrogens is 236 g/mol. The van der Waals surface area contributed by atoms with E-state index in [2.05, 4.69) is 20.6 Å². The summed E-state index contributed by atoms with van der Waals surface area (Å²) in [6.45, 7) is 1.96. The lowest BCUT2D eigenvalue weighted by atomic mass is 10.2. The lowest BCUT2D eigenvalue weighted by Crippen LogP contribution is -1.98. The Labute approximate surface area is 105 Å². The van der Waals surface area contributed by atoms with Crippen LogP contribution in [0.3, 0.4) is 0 Å². The van der Waals surface area contributed by atoms with E-state index in [0.29, 0.717) is 10.8 Å². The zero-order valence-corrected chi connectivity index (χ0v) is 10.4. The monoisotopic (exact) mass is 248 g/mol. The van der Waals surface area contributed by atoms with Gasteiger partial charge >= 0.3 is 0 Å². The van der Waals surface area contributed by atoms with Crippen molar-refractivity contribution in [2.24, 2.45) is 0 Å². The van der Waals surface area contributed by atoms with Crippen molar-refractivity contribution >= 4 is 28.9 Å². The third kappa shape index (κ3) is 2.65. The molecule has 1 aromatic carbocycles. The van der Waals surface area contributed by atoms with Crippen LogP contribution in [0.15, 0.2) is 30.6 Å². The fourth-order valence-electron chi connectivity index (χ4n) is 1.44. The molecule has 1 aromatic heterocycles. The van der Waals surface area contributed by atoms with Crippen molar-refractivity contribution in [1.82, 2.24) is 9.97 Å². The molecule has 4 nitrogen and oxygen atoms in total. The first-order chi connectivity index (χ1) is 8.20. The summed E-state index contributed by atoms with van der Waals surface area (Å²) in [7, 11) is 1.81. The molecule has 0 saturated carbocycles. The van der Waals surface area contributed by atoms with Gasteiger partial charge in [-0.05, 0) is 18.6 Å². The summed E-state index contributed by atoms with van der Waals surface area (Å²) < 4.78 is 0. The number of benzene rings is 1. The van der Waals surface area contributed by atoms with Crippen LogP contribution in [0.4, 0.5) is 17.3 Å². The van der Waals surface area contributed by atoms with E-state index < -0.39 is 0 Å². The van der Waals surface area contributed by atoms with Crippen molar-refractivity contribution in [1.29, 1.82) is 0 Å². The van der Waals surface area contributed by atoms with Crippen molar-refractivity contribution in [3.05, 3.63) is 41.2 Å². The van der Waals surface area contributed by atoms with Crippen LogP contribution in [-0.4, -0.2) is 17.0 Å². The second kappa shape index (κ2) is 5.01. The zero-order chi connectivity index (χ0) is 12.3. The number of nitrogens with zero attached hydrogens (tertiary/aromatic N) is 2. The van der Waals surface area contributed by atoms with Crippen LogP contribution in [0, 0.1) is 6.92 Å². The molecule has 0 fully saturated rings. The van der Waals surface area contributed by atoms with Crippen LogP contribution in [0.1, 0.15) is 5.56 Å². The predicted molar refractivity (Wildman–Crippen MR) is 71.1 cm³/mol. The first-order valence-corrected chi connectivity index (χ1v) is 5.60. The highest BCUT2D eigenvalue weighted by Crippen LogP contribution is 2.27. The number of aromatic nitrogens is 2. The van der Waals surface area contributed by atoms with Gasteiger partial charge in [-0.15, -0.1) is 0 Å². The largest absolute Gasteiger partial charge is 0.373 e. The van der Waals surface area contributed by atoms with E-state index in [-0.39, 0.29) is 0 Å². The van der Waals surface area contributed by atoms with Crippen molar-refractivity contribution in [3.63, 3.8) is 0 Å². The summed E-state index contributed by atoms with van der Waals surface area (Å²) >= 11 is 6.20. The second-order valence-electron chi connectivity index (χ2n) is 3.60. The lowest BCUT2D eigenvalue weighted by Gasteiger charge is -2.09. The smallest absolute Gasteiger partial charge is 0.135 e. The first kappa shape index (κ1) is 11.7. The molecule has 0 amide bonds. The van der Waals surface area contributed by atoms with Crippen molar-refractivity contribution < 1.29 is 0 Å². The standard InChI is InChI=1S/C12H13ClN4/c1-8-4-3-5-9(12(8)13)17-11-6-10(14-2)15-7-16-11/h3-7H,1-2H3,(H2,14,15,16,17). The Balaban J connectivity index is 2.28. The normalized spacial score (nSPS) is 10.1. The molecule has 0 unspecified atom stereocenters. The van der Waals surface area contributed by atoms with E-state index in [9.17, 15) is 0 Å². The van der Waals surface area contributed by atoms with Gasteiger partial charge in [0.15, 0.2) is 0 Å². The van der Waals surface area contributed by atoms with Crippen LogP contribution in [0.2, 0.25) is 5.02 Å². The Kier molecular flexibility index (Phi) is 3.44. The number of aryl methyl sites for hydroxylation is 1. The summed E-state index contributed by atoms with van der Waals surface area (Å²) in [6.07, 6.45) is 1.50. The molecule has 0 aliphatic heterocycles. The highest BCUT2D eigenvalue weighted by atomic mass is 35.5. The van der Waals surface area contributed by atoms with Crippen molar-refractivity contribution in [3.8, 4) is 0 Å². The molecule has 2 rings (SSSR count). The molecule has 0 atom stereocenters. The van der Waals surface area contributed by atoms with Gasteiger partial charge in [-0.1, -0.05) is 23.7 Å². The van der Waals surface area contributed by atoms with E-state index in [1.54, 1.807) is 0 Å². The molecule has 1 heterocycles. The molecular formula is C12H13ClN4. The van der Waals surface area contributed by atoms with Gasteiger partial charge in [0.2, 0.25) is 0 Å². The molecule has 17 heavy (non-hydrogen) atoms. The molecule has 88 valence electrons. The average Bonchev–Trinajstić information content (AvgIpc) is 2.35. The number of nitrogens with one attached hydrogen (secondary N) is 2. The Morgan fingerprint density at radius 1 is 1.18 bits per heavy atom. The maximum Gasteiger partial charge on any atom is 0.135 e. The third-order valence-corrected chi connectivity index (χ3v) is 2.88. The van der Waals surface area contributed by atoms with Gasteiger partial charge in [-0.25, -0.2) is 9.97 Å². The molecule has 2 N–H and O–H groups in total. The summed E-state index contributed by atoms with van der Waals surface area (Å²) in [5, 5.41) is 6.83. The zero-order valence-electron chi connectivity index (χ0n) is 9.66. The van der Waals surface area contributed by atoms with Crippen molar-refractivity contribution in [2.45, 2.75) is 6.92 Å². The number of anilines is 3. The minimum absolute atomic E-state index is 0.705. The summed E-state index contributed by atoms with van der Waals surface area (Å²) in [6, 6.07) is 7.64. The predicted octanol–water partition coefficient (Wildman–Crippen LogP) is 3.22. The molecule has 0 aliphatic rings. The molecule has 2 aromatic rings. The fourth-order valence-corrected chi connectivity index (χ4v) is 1.62. The number of hydrogen-bond donors (Lipinski definition) is 2. The second-order valence-corrected chi connectivity index (χ2v) is 3.98. The van der Waals surface area contributed by atoms with Gasteiger partial charge in [0, 0.05) is 13.1 Å². The van der Waals surface area contributed by atoms with Crippen LogP contribution < -0.4 is 10.6 Å². The van der Waals surface area contributed by atoms with E-state index >= 15 is 0 Å². The van der Waals surface area contributed by atoms with Gasteiger partial charge < -0.3 is 10.6 Å². The summed E-state index contributed by atoms with van der Waals surface area (Å²) in [5.41, 5.74) is 1.87. The molecule has 0 saturated heterocycles. The number of rotatable bonds is 3. The van der Waals surface area contributed by atoms with Gasteiger partial charge in [0.05, 0.1) is 10.7 Å². The van der Waals surface area contributed by atoms with Gasteiger partial charge in [-0.3, -0.25) is 0 Å². The quantitative estimate of drug-likeness (QED) is 0.876. The highest BCUT2D eigenvalue weighted by Gasteiger charge is 2.04. The van der Waals surface area contributed by atoms with Crippen LogP contribution in [0.5, 0.6) is 0 Å². The Morgan fingerprint density at radius 2 is 1.94 bits per heavy atom. The molecule has 0 aliphatic carbocycles. The first-order valence-electron chi connectivity index (χ1n) is 5.22.